The summed E-state index contributed by atoms with van der Waals surface area (Å²) in [5.74, 6) is -3.37. The van der Waals surface area contributed by atoms with Crippen LogP contribution in [0.25, 0.3) is 0 Å². The summed E-state index contributed by atoms with van der Waals surface area (Å²) >= 11 is 0. The molecule has 1 unspecified atom stereocenters. The van der Waals surface area contributed by atoms with Crippen LogP contribution in [0.2, 0.25) is 0 Å². The number of benzene rings is 2. The zero-order valence-electron chi connectivity index (χ0n) is 20.4. The zero-order valence-corrected chi connectivity index (χ0v) is 20.4. The van der Waals surface area contributed by atoms with Crippen LogP contribution in [0.5, 0.6) is 5.75 Å². The molecule has 1 N–H and O–H groups in total. The number of likely N-dealkylation sites (tertiary alicyclic amines) is 1. The van der Waals surface area contributed by atoms with E-state index in [2.05, 4.69) is 5.32 Å². The average molecular weight is 530 g/mol. The number of alkyl halides is 3. The molecule has 0 aliphatic carbocycles. The average Bonchev–Trinajstić information content (AvgIpc) is 3.14. The van der Waals surface area contributed by atoms with Gasteiger partial charge in [0, 0.05) is 13.0 Å². The Hall–Kier alpha value is -3.73. The highest BCUT2D eigenvalue weighted by molar-refractivity contribution is 6.24. The summed E-state index contributed by atoms with van der Waals surface area (Å²) in [5, 5.41) is 2.17. The highest BCUT2D eigenvalue weighted by Gasteiger charge is 2.46. The lowest BCUT2D eigenvalue weighted by Gasteiger charge is -2.32. The Kier molecular flexibility index (Phi) is 6.95. The topological polar surface area (TPSA) is 96.0 Å². The van der Waals surface area contributed by atoms with Crippen molar-refractivity contribution in [3.05, 3.63) is 64.7 Å². The Morgan fingerprint density at radius 2 is 1.58 bits per heavy atom. The first-order valence-electron chi connectivity index (χ1n) is 12.5. The molecule has 1 atom stereocenters. The van der Waals surface area contributed by atoms with Crippen molar-refractivity contribution < 1.29 is 37.1 Å². The molecular weight excluding hydrogens is 503 g/mol. The van der Waals surface area contributed by atoms with Gasteiger partial charge in [-0.25, -0.2) is 0 Å². The quantitative estimate of drug-likeness (QED) is 0.576. The monoisotopic (exact) mass is 529 g/mol. The van der Waals surface area contributed by atoms with Gasteiger partial charge in [0.05, 0.1) is 17.0 Å². The fourth-order valence-corrected chi connectivity index (χ4v) is 5.18. The second kappa shape index (κ2) is 10.2. The van der Waals surface area contributed by atoms with Crippen LogP contribution >= 0.6 is 0 Å². The van der Waals surface area contributed by atoms with Gasteiger partial charge < -0.3 is 4.74 Å². The summed E-state index contributed by atoms with van der Waals surface area (Å²) < 4.78 is 44.6. The highest BCUT2D eigenvalue weighted by atomic mass is 19.4. The van der Waals surface area contributed by atoms with Gasteiger partial charge in [-0.1, -0.05) is 30.3 Å². The third kappa shape index (κ3) is 5.15. The first kappa shape index (κ1) is 25.9. The third-order valence-electron chi connectivity index (χ3n) is 7.30. The van der Waals surface area contributed by atoms with Gasteiger partial charge in [0.1, 0.15) is 18.4 Å². The lowest BCUT2D eigenvalue weighted by molar-refractivity contribution is -0.185. The van der Waals surface area contributed by atoms with E-state index in [0.29, 0.717) is 19.6 Å². The number of nitrogens with one attached hydrogen (secondary N) is 1. The van der Waals surface area contributed by atoms with Crippen molar-refractivity contribution in [3.8, 4) is 5.75 Å². The summed E-state index contributed by atoms with van der Waals surface area (Å²) in [5.41, 5.74) is 2.00. The van der Waals surface area contributed by atoms with E-state index in [9.17, 15) is 32.3 Å². The molecule has 200 valence electrons. The number of imide groups is 2. The number of rotatable bonds is 6. The third-order valence-corrected chi connectivity index (χ3v) is 7.30. The molecule has 11 heteroatoms. The number of fused-ring (bicyclic) bond motifs is 1. The smallest absolute Gasteiger partial charge is 0.391 e. The molecule has 3 aliphatic rings. The Labute approximate surface area is 216 Å². The first-order chi connectivity index (χ1) is 18.1. The minimum absolute atomic E-state index is 0.0367. The van der Waals surface area contributed by atoms with Crippen LogP contribution in [-0.2, 0) is 22.7 Å². The van der Waals surface area contributed by atoms with E-state index in [1.165, 1.54) is 6.07 Å². The molecular formula is C27H26F3N3O5. The summed E-state index contributed by atoms with van der Waals surface area (Å²) in [7, 11) is 0. The number of ether oxygens (including phenoxy) is 1. The maximum absolute atomic E-state index is 13.2. The molecule has 38 heavy (non-hydrogen) atoms. The van der Waals surface area contributed by atoms with Crippen molar-refractivity contribution >= 4 is 23.6 Å². The SMILES string of the molecule is O=C1CCC(N2C(=O)c3cccc(OCc4ccc(CN5CCC(C(F)(F)F)CC5)cc4)c3C2=O)C(=O)N1. The normalized spacial score (nSPS) is 21.0. The van der Waals surface area contributed by atoms with Crippen LogP contribution < -0.4 is 10.1 Å². The predicted octanol–water partition coefficient (Wildman–Crippen LogP) is 3.44. The number of nitrogens with zero attached hydrogens (tertiary/aromatic N) is 2. The summed E-state index contributed by atoms with van der Waals surface area (Å²) in [4.78, 5) is 52.8. The molecule has 2 saturated heterocycles. The fraction of sp³-hybridized carbons (Fsp3) is 0.407. The minimum Gasteiger partial charge on any atom is -0.488 e. The zero-order chi connectivity index (χ0) is 27.0. The van der Waals surface area contributed by atoms with E-state index in [0.717, 1.165) is 16.0 Å². The van der Waals surface area contributed by atoms with Crippen molar-refractivity contribution in [2.75, 3.05) is 13.1 Å². The van der Waals surface area contributed by atoms with Crippen LogP contribution in [0.3, 0.4) is 0 Å². The van der Waals surface area contributed by atoms with Gasteiger partial charge in [0.2, 0.25) is 11.8 Å². The molecule has 8 nitrogen and oxygen atoms in total. The van der Waals surface area contributed by atoms with Crippen molar-refractivity contribution in [1.29, 1.82) is 0 Å². The van der Waals surface area contributed by atoms with Crippen molar-refractivity contribution in [2.24, 2.45) is 5.92 Å². The van der Waals surface area contributed by atoms with Gasteiger partial charge in [0.15, 0.2) is 0 Å². The van der Waals surface area contributed by atoms with E-state index in [1.54, 1.807) is 12.1 Å². The van der Waals surface area contributed by atoms with E-state index >= 15 is 0 Å². The second-order valence-electron chi connectivity index (χ2n) is 9.82. The number of amides is 4. The van der Waals surface area contributed by atoms with Crippen LogP contribution in [0.1, 0.15) is 57.5 Å². The molecule has 0 saturated carbocycles. The number of carbonyl (C=O) groups excluding carboxylic acids is 4. The Morgan fingerprint density at radius 1 is 0.895 bits per heavy atom. The van der Waals surface area contributed by atoms with Gasteiger partial charge in [-0.15, -0.1) is 0 Å². The van der Waals surface area contributed by atoms with E-state index < -0.39 is 41.8 Å². The summed E-state index contributed by atoms with van der Waals surface area (Å²) in [6, 6.07) is 11.1. The lowest BCUT2D eigenvalue weighted by atomic mass is 9.96. The predicted molar refractivity (Wildman–Crippen MR) is 128 cm³/mol. The van der Waals surface area contributed by atoms with Crippen molar-refractivity contribution in [2.45, 2.75) is 51.1 Å². The second-order valence-corrected chi connectivity index (χ2v) is 9.82. The highest BCUT2D eigenvalue weighted by Crippen LogP contribution is 2.35. The molecule has 2 fully saturated rings. The molecule has 0 spiro atoms. The van der Waals surface area contributed by atoms with Crippen LogP contribution in [0.15, 0.2) is 42.5 Å². The van der Waals surface area contributed by atoms with Gasteiger partial charge in [0.25, 0.3) is 11.8 Å². The number of halogens is 3. The summed E-state index contributed by atoms with van der Waals surface area (Å²) in [6.45, 7) is 1.48. The van der Waals surface area contributed by atoms with Gasteiger partial charge in [-0.3, -0.25) is 34.3 Å². The van der Waals surface area contributed by atoms with Gasteiger partial charge in [-0.05, 0) is 55.6 Å². The van der Waals surface area contributed by atoms with Gasteiger partial charge >= 0.3 is 6.18 Å². The number of hydrogen-bond acceptors (Lipinski definition) is 6. The molecule has 3 heterocycles. The maximum Gasteiger partial charge on any atom is 0.391 e. The standard InChI is InChI=1S/C27H26F3N3O5/c28-27(29,30)18-10-12-32(13-11-18)14-16-4-6-17(7-5-16)15-38-21-3-1-2-19-23(21)26(37)33(25(19)36)20-8-9-22(34)31-24(20)35/h1-7,18,20H,8-15H2,(H,31,34,35). The maximum atomic E-state index is 13.2. The molecule has 0 radical (unpaired) electrons. The minimum atomic E-state index is -4.13. The van der Waals surface area contributed by atoms with E-state index in [4.69, 9.17) is 4.74 Å². The fourth-order valence-electron chi connectivity index (χ4n) is 5.18. The van der Waals surface area contributed by atoms with E-state index in [1.807, 2.05) is 29.2 Å². The van der Waals surface area contributed by atoms with Gasteiger partial charge in [-0.2, -0.15) is 13.2 Å². The number of hydrogen-bond donors (Lipinski definition) is 1. The molecule has 3 aliphatic heterocycles. The number of piperidine rings is 2. The molecule has 4 amide bonds. The Bertz CT molecular complexity index is 1270. The molecule has 5 rings (SSSR count). The molecule has 0 aromatic heterocycles. The molecule has 2 aromatic carbocycles. The summed E-state index contributed by atoms with van der Waals surface area (Å²) in [6.07, 6.45) is -3.81. The lowest BCUT2D eigenvalue weighted by Crippen LogP contribution is -2.54. The van der Waals surface area contributed by atoms with E-state index in [-0.39, 0.29) is 49.2 Å². The first-order valence-corrected chi connectivity index (χ1v) is 12.5. The van der Waals surface area contributed by atoms with Crippen molar-refractivity contribution in [3.63, 3.8) is 0 Å². The van der Waals surface area contributed by atoms with Crippen LogP contribution in [-0.4, -0.2) is 58.7 Å². The molecule has 2 aromatic rings. The largest absolute Gasteiger partial charge is 0.488 e. The van der Waals surface area contributed by atoms with Crippen LogP contribution in [0.4, 0.5) is 13.2 Å². The Balaban J connectivity index is 1.21. The van der Waals surface area contributed by atoms with Crippen LogP contribution in [0, 0.1) is 5.92 Å². The number of carbonyl (C=O) groups is 4. The Morgan fingerprint density at radius 3 is 2.24 bits per heavy atom. The van der Waals surface area contributed by atoms with Crippen molar-refractivity contribution in [1.82, 2.24) is 15.1 Å². The molecule has 0 bridgehead atoms.